The molecular weight excluding hydrogens is 358 g/mol. The highest BCUT2D eigenvalue weighted by molar-refractivity contribution is 7.92. The number of carbonyl (C=O) groups excluding carboxylic acids is 1. The number of benzene rings is 1. The molecule has 0 aromatic heterocycles. The maximum atomic E-state index is 13.2. The van der Waals surface area contributed by atoms with E-state index < -0.39 is 21.2 Å². The fourth-order valence-electron chi connectivity index (χ4n) is 3.81. The van der Waals surface area contributed by atoms with Gasteiger partial charge in [0.25, 0.3) is 0 Å². The Morgan fingerprint density at radius 1 is 1.27 bits per heavy atom. The Hall–Kier alpha value is -1.80. The second kappa shape index (κ2) is 6.74. The lowest BCUT2D eigenvalue weighted by molar-refractivity contribution is 0.118. The fraction of sp³-hybridized carbons (Fsp3) is 0.611. The molecule has 1 unspecified atom stereocenters. The summed E-state index contributed by atoms with van der Waals surface area (Å²) in [6.45, 7) is 7.84. The average Bonchev–Trinajstić information content (AvgIpc) is 2.60. The average molecular weight is 383 g/mol. The van der Waals surface area contributed by atoms with Gasteiger partial charge in [-0.25, -0.2) is 13.2 Å². The summed E-state index contributed by atoms with van der Waals surface area (Å²) in [7, 11) is -2.33. The Balaban J connectivity index is 2.27. The number of nitrogens with zero attached hydrogens (tertiary/aromatic N) is 1. The van der Waals surface area contributed by atoms with E-state index in [0.29, 0.717) is 38.4 Å². The first-order chi connectivity index (χ1) is 12.2. The summed E-state index contributed by atoms with van der Waals surface area (Å²) in [6.07, 6.45) is -0.331. The van der Waals surface area contributed by atoms with E-state index in [0.717, 1.165) is 5.56 Å². The van der Waals surface area contributed by atoms with Gasteiger partial charge in [0, 0.05) is 13.1 Å². The molecule has 2 aliphatic rings. The number of ether oxygens (including phenoxy) is 3. The van der Waals surface area contributed by atoms with Crippen molar-refractivity contribution < 1.29 is 27.4 Å². The molecule has 0 amide bonds. The van der Waals surface area contributed by atoms with E-state index in [2.05, 4.69) is 4.74 Å². The van der Waals surface area contributed by atoms with Crippen LogP contribution in [0, 0.1) is 0 Å². The molecule has 2 aliphatic heterocycles. The van der Waals surface area contributed by atoms with Crippen molar-refractivity contribution >= 4 is 21.7 Å². The number of anilines is 1. The van der Waals surface area contributed by atoms with Gasteiger partial charge in [-0.2, -0.15) is 0 Å². The van der Waals surface area contributed by atoms with Crippen LogP contribution in [0.2, 0.25) is 0 Å². The Kier molecular flexibility index (Phi) is 4.92. The topological polar surface area (TPSA) is 82.1 Å². The summed E-state index contributed by atoms with van der Waals surface area (Å²) in [5.74, 6) is 0.200. The zero-order chi connectivity index (χ0) is 19.1. The van der Waals surface area contributed by atoms with Crippen LogP contribution in [-0.2, 0) is 24.7 Å². The molecule has 8 heteroatoms. The third kappa shape index (κ3) is 3.16. The predicted molar refractivity (Wildman–Crippen MR) is 96.8 cm³/mol. The molecule has 0 N–H and O–H groups in total. The summed E-state index contributed by atoms with van der Waals surface area (Å²) >= 11 is 0. The van der Waals surface area contributed by atoms with Crippen LogP contribution in [0.15, 0.2) is 17.0 Å². The minimum atomic E-state index is -3.55. The van der Waals surface area contributed by atoms with E-state index in [1.165, 1.54) is 7.11 Å². The molecule has 3 rings (SSSR count). The number of methoxy groups -OCH3 is 1. The first-order valence-corrected chi connectivity index (χ1v) is 10.2. The summed E-state index contributed by atoms with van der Waals surface area (Å²) < 4.78 is 41.8. The van der Waals surface area contributed by atoms with Gasteiger partial charge in [0.1, 0.15) is 0 Å². The van der Waals surface area contributed by atoms with Crippen molar-refractivity contribution in [2.75, 3.05) is 38.3 Å². The lowest BCUT2D eigenvalue weighted by Gasteiger charge is -2.40. The van der Waals surface area contributed by atoms with Crippen molar-refractivity contribution in [3.63, 3.8) is 0 Å². The van der Waals surface area contributed by atoms with E-state index in [1.54, 1.807) is 19.1 Å². The Labute approximate surface area is 154 Å². The Morgan fingerprint density at radius 2 is 1.92 bits per heavy atom. The SMILES string of the molecule is COC(=O)Oc1ccc2c(c1N1CCOCC1)S(=O)(=O)C(C)CC2(C)C. The van der Waals surface area contributed by atoms with Crippen LogP contribution in [0.5, 0.6) is 5.75 Å². The van der Waals surface area contributed by atoms with Gasteiger partial charge in [0.2, 0.25) is 0 Å². The molecule has 1 aromatic rings. The van der Waals surface area contributed by atoms with Gasteiger partial charge in [-0.15, -0.1) is 0 Å². The molecule has 0 saturated carbocycles. The second-order valence-electron chi connectivity index (χ2n) is 7.39. The zero-order valence-corrected chi connectivity index (χ0v) is 16.4. The normalized spacial score (nSPS) is 23.8. The Bertz CT molecular complexity index is 811. The van der Waals surface area contributed by atoms with Crippen LogP contribution < -0.4 is 9.64 Å². The number of carbonyl (C=O) groups is 1. The van der Waals surface area contributed by atoms with Gasteiger partial charge in [-0.05, 0) is 30.4 Å². The van der Waals surface area contributed by atoms with Crippen molar-refractivity contribution in [3.8, 4) is 5.75 Å². The van der Waals surface area contributed by atoms with Crippen LogP contribution in [-0.4, -0.2) is 53.2 Å². The van der Waals surface area contributed by atoms with Crippen LogP contribution in [0.4, 0.5) is 10.5 Å². The minimum Gasteiger partial charge on any atom is -0.437 e. The molecule has 1 atom stereocenters. The maximum absolute atomic E-state index is 13.2. The van der Waals surface area contributed by atoms with E-state index >= 15 is 0 Å². The minimum absolute atomic E-state index is 0.200. The molecule has 2 heterocycles. The summed E-state index contributed by atoms with van der Waals surface area (Å²) in [5.41, 5.74) is 0.899. The third-order valence-electron chi connectivity index (χ3n) is 5.12. The molecule has 0 spiro atoms. The molecule has 144 valence electrons. The molecule has 1 aromatic carbocycles. The summed E-state index contributed by atoms with van der Waals surface area (Å²) in [4.78, 5) is 13.9. The van der Waals surface area contributed by atoms with Crippen LogP contribution >= 0.6 is 0 Å². The smallest absolute Gasteiger partial charge is 0.437 e. The first kappa shape index (κ1) is 19.0. The monoisotopic (exact) mass is 383 g/mol. The van der Waals surface area contributed by atoms with Crippen molar-refractivity contribution in [2.45, 2.75) is 42.8 Å². The third-order valence-corrected chi connectivity index (χ3v) is 7.33. The van der Waals surface area contributed by atoms with Gasteiger partial charge in [0.05, 0.1) is 36.2 Å². The predicted octanol–water partition coefficient (Wildman–Crippen LogP) is 2.51. The maximum Gasteiger partial charge on any atom is 0.513 e. The van der Waals surface area contributed by atoms with Crippen LogP contribution in [0.1, 0.15) is 32.8 Å². The largest absolute Gasteiger partial charge is 0.513 e. The molecule has 26 heavy (non-hydrogen) atoms. The highest BCUT2D eigenvalue weighted by Crippen LogP contribution is 2.49. The molecular formula is C18H25NO6S. The van der Waals surface area contributed by atoms with Gasteiger partial charge in [-0.1, -0.05) is 19.9 Å². The Morgan fingerprint density at radius 3 is 2.54 bits per heavy atom. The molecule has 0 radical (unpaired) electrons. The summed E-state index contributed by atoms with van der Waals surface area (Å²) in [5, 5.41) is -0.516. The number of hydrogen-bond donors (Lipinski definition) is 0. The number of rotatable bonds is 2. The molecule has 0 bridgehead atoms. The molecule has 1 fully saturated rings. The fourth-order valence-corrected chi connectivity index (χ4v) is 6.00. The molecule has 0 aliphatic carbocycles. The molecule has 7 nitrogen and oxygen atoms in total. The van der Waals surface area contributed by atoms with Crippen LogP contribution in [0.25, 0.3) is 0 Å². The lowest BCUT2D eigenvalue weighted by atomic mass is 9.79. The van der Waals surface area contributed by atoms with Crippen LogP contribution in [0.3, 0.4) is 0 Å². The van der Waals surface area contributed by atoms with Gasteiger partial charge in [-0.3, -0.25) is 0 Å². The van der Waals surface area contributed by atoms with E-state index in [4.69, 9.17) is 9.47 Å². The van der Waals surface area contributed by atoms with Crippen molar-refractivity contribution in [2.24, 2.45) is 0 Å². The lowest BCUT2D eigenvalue weighted by Crippen LogP contribution is -2.41. The quantitative estimate of drug-likeness (QED) is 0.573. The van der Waals surface area contributed by atoms with Gasteiger partial charge in [0.15, 0.2) is 15.6 Å². The standard InChI is InChI=1S/C18H25NO6S/c1-12-11-18(2,3)13-5-6-14(25-17(20)23-4)15(16(13)26(12,21)22)19-7-9-24-10-8-19/h5-6,12H,7-11H2,1-4H3. The number of hydrogen-bond acceptors (Lipinski definition) is 7. The first-order valence-electron chi connectivity index (χ1n) is 8.68. The molecule has 1 saturated heterocycles. The number of sulfone groups is 1. The highest BCUT2D eigenvalue weighted by atomic mass is 32.2. The van der Waals surface area contributed by atoms with E-state index in [9.17, 15) is 13.2 Å². The van der Waals surface area contributed by atoms with Gasteiger partial charge >= 0.3 is 6.16 Å². The highest BCUT2D eigenvalue weighted by Gasteiger charge is 2.44. The van der Waals surface area contributed by atoms with Crippen molar-refractivity contribution in [1.29, 1.82) is 0 Å². The van der Waals surface area contributed by atoms with Gasteiger partial charge < -0.3 is 19.1 Å². The van der Waals surface area contributed by atoms with E-state index in [1.807, 2.05) is 18.7 Å². The van der Waals surface area contributed by atoms with Crippen molar-refractivity contribution in [1.82, 2.24) is 0 Å². The summed E-state index contributed by atoms with van der Waals surface area (Å²) in [6, 6.07) is 3.41. The second-order valence-corrected chi connectivity index (χ2v) is 9.69. The van der Waals surface area contributed by atoms with Crippen molar-refractivity contribution in [3.05, 3.63) is 17.7 Å². The number of morpholine rings is 1. The number of fused-ring (bicyclic) bond motifs is 1. The van der Waals surface area contributed by atoms with E-state index in [-0.39, 0.29) is 16.1 Å². The zero-order valence-electron chi connectivity index (χ0n) is 15.6.